The molecule has 0 radical (unpaired) electrons. The predicted octanol–water partition coefficient (Wildman–Crippen LogP) is 4.87. The van der Waals surface area contributed by atoms with Gasteiger partial charge >= 0.3 is 6.03 Å². The van der Waals surface area contributed by atoms with Crippen LogP contribution in [0.5, 0.6) is 17.2 Å². The van der Waals surface area contributed by atoms with Crippen LogP contribution in [0.15, 0.2) is 72.3 Å². The molecule has 190 valence electrons. The number of hydrogen-bond acceptors (Lipinski definition) is 6. The number of amides is 4. The van der Waals surface area contributed by atoms with Crippen LogP contribution >= 0.6 is 0 Å². The van der Waals surface area contributed by atoms with E-state index in [1.165, 1.54) is 18.2 Å². The number of barbiturate groups is 1. The molecular weight excluding hydrogens is 479 g/mol. The van der Waals surface area contributed by atoms with Gasteiger partial charge in [0.1, 0.15) is 23.7 Å². The van der Waals surface area contributed by atoms with Gasteiger partial charge in [-0.3, -0.25) is 14.9 Å². The SMILES string of the molecule is CCOc1ccc(N2C(=O)NC(=O)/C(=C\c3ccc(OCc4ccc(F)cc4)c(OCC)c3)C2=O)cc1. The van der Waals surface area contributed by atoms with Gasteiger partial charge in [-0.2, -0.15) is 0 Å². The highest BCUT2D eigenvalue weighted by molar-refractivity contribution is 6.39. The van der Waals surface area contributed by atoms with Crippen LogP contribution in [0.4, 0.5) is 14.9 Å². The molecule has 1 saturated heterocycles. The zero-order valence-corrected chi connectivity index (χ0v) is 20.3. The molecule has 4 amide bonds. The molecule has 0 aromatic heterocycles. The largest absolute Gasteiger partial charge is 0.494 e. The number of ether oxygens (including phenoxy) is 3. The Bertz CT molecular complexity index is 1340. The normalized spacial score (nSPS) is 14.5. The summed E-state index contributed by atoms with van der Waals surface area (Å²) in [5, 5.41) is 2.21. The number of imide groups is 2. The van der Waals surface area contributed by atoms with Crippen molar-refractivity contribution in [3.63, 3.8) is 0 Å². The molecule has 1 fully saturated rings. The number of nitrogens with zero attached hydrogens (tertiary/aromatic N) is 1. The van der Waals surface area contributed by atoms with Crippen LogP contribution in [0.25, 0.3) is 6.08 Å². The van der Waals surface area contributed by atoms with Crippen molar-refractivity contribution in [1.29, 1.82) is 0 Å². The Morgan fingerprint density at radius 1 is 0.838 bits per heavy atom. The molecule has 1 aliphatic heterocycles. The van der Waals surface area contributed by atoms with Gasteiger partial charge in [0, 0.05) is 0 Å². The predicted molar refractivity (Wildman–Crippen MR) is 135 cm³/mol. The molecule has 3 aromatic carbocycles. The molecule has 9 heteroatoms. The topological polar surface area (TPSA) is 94.2 Å². The lowest BCUT2D eigenvalue weighted by Crippen LogP contribution is -2.54. The van der Waals surface area contributed by atoms with E-state index in [9.17, 15) is 18.8 Å². The fourth-order valence-electron chi connectivity index (χ4n) is 3.66. The van der Waals surface area contributed by atoms with E-state index in [0.29, 0.717) is 41.7 Å². The van der Waals surface area contributed by atoms with Gasteiger partial charge in [0.2, 0.25) is 0 Å². The molecule has 0 bridgehead atoms. The quantitative estimate of drug-likeness (QED) is 0.330. The average molecular weight is 505 g/mol. The lowest BCUT2D eigenvalue weighted by molar-refractivity contribution is -0.122. The Kier molecular flexibility index (Phi) is 7.83. The van der Waals surface area contributed by atoms with Crippen molar-refractivity contribution in [2.24, 2.45) is 0 Å². The van der Waals surface area contributed by atoms with Crippen molar-refractivity contribution in [2.45, 2.75) is 20.5 Å². The fourth-order valence-corrected chi connectivity index (χ4v) is 3.66. The zero-order chi connectivity index (χ0) is 26.4. The Hall–Kier alpha value is -4.66. The molecule has 0 atom stereocenters. The minimum absolute atomic E-state index is 0.195. The number of anilines is 1. The summed E-state index contributed by atoms with van der Waals surface area (Å²) in [5.74, 6) is -0.450. The molecule has 1 aliphatic rings. The van der Waals surface area contributed by atoms with E-state index in [2.05, 4.69) is 5.32 Å². The highest BCUT2D eigenvalue weighted by atomic mass is 19.1. The monoisotopic (exact) mass is 504 g/mol. The summed E-state index contributed by atoms with van der Waals surface area (Å²) in [6, 6.07) is 16.5. The molecule has 0 aliphatic carbocycles. The summed E-state index contributed by atoms with van der Waals surface area (Å²) in [6.07, 6.45) is 1.39. The number of hydrogen-bond donors (Lipinski definition) is 1. The average Bonchev–Trinajstić information content (AvgIpc) is 2.88. The molecule has 3 aromatic rings. The third-order valence-corrected chi connectivity index (χ3v) is 5.39. The first kappa shape index (κ1) is 25.4. The van der Waals surface area contributed by atoms with Crippen LogP contribution in [0.1, 0.15) is 25.0 Å². The second-order valence-electron chi connectivity index (χ2n) is 7.94. The maximum Gasteiger partial charge on any atom is 0.335 e. The summed E-state index contributed by atoms with van der Waals surface area (Å²) in [4.78, 5) is 39.1. The Labute approximate surface area is 213 Å². The van der Waals surface area contributed by atoms with Crippen molar-refractivity contribution in [3.05, 3.63) is 89.2 Å². The van der Waals surface area contributed by atoms with Gasteiger partial charge in [0.25, 0.3) is 11.8 Å². The third-order valence-electron chi connectivity index (χ3n) is 5.39. The van der Waals surface area contributed by atoms with Gasteiger partial charge in [-0.1, -0.05) is 18.2 Å². The molecule has 8 nitrogen and oxygen atoms in total. The molecule has 4 rings (SSSR count). The molecule has 1 N–H and O–H groups in total. The molecule has 0 unspecified atom stereocenters. The molecule has 0 spiro atoms. The highest BCUT2D eigenvalue weighted by Gasteiger charge is 2.36. The van der Waals surface area contributed by atoms with Gasteiger partial charge in [0.15, 0.2) is 11.5 Å². The Morgan fingerprint density at radius 3 is 2.22 bits per heavy atom. The first-order valence-corrected chi connectivity index (χ1v) is 11.7. The molecular formula is C28H25FN2O6. The van der Waals surface area contributed by atoms with Crippen LogP contribution in [0.3, 0.4) is 0 Å². The van der Waals surface area contributed by atoms with Gasteiger partial charge < -0.3 is 14.2 Å². The highest BCUT2D eigenvalue weighted by Crippen LogP contribution is 2.31. The number of nitrogens with one attached hydrogen (secondary N) is 1. The van der Waals surface area contributed by atoms with E-state index >= 15 is 0 Å². The van der Waals surface area contributed by atoms with E-state index in [-0.39, 0.29) is 18.0 Å². The first-order valence-electron chi connectivity index (χ1n) is 11.7. The Morgan fingerprint density at radius 2 is 1.54 bits per heavy atom. The van der Waals surface area contributed by atoms with Gasteiger partial charge in [-0.25, -0.2) is 14.1 Å². The van der Waals surface area contributed by atoms with Gasteiger partial charge in [0.05, 0.1) is 18.9 Å². The van der Waals surface area contributed by atoms with E-state index in [1.54, 1.807) is 54.6 Å². The van der Waals surface area contributed by atoms with Crippen molar-refractivity contribution in [1.82, 2.24) is 5.32 Å². The zero-order valence-electron chi connectivity index (χ0n) is 20.3. The van der Waals surface area contributed by atoms with Crippen molar-refractivity contribution in [2.75, 3.05) is 18.1 Å². The van der Waals surface area contributed by atoms with E-state index in [4.69, 9.17) is 14.2 Å². The minimum Gasteiger partial charge on any atom is -0.494 e. The second-order valence-corrected chi connectivity index (χ2v) is 7.94. The van der Waals surface area contributed by atoms with Gasteiger partial charge in [-0.15, -0.1) is 0 Å². The summed E-state index contributed by atoms with van der Waals surface area (Å²) in [6.45, 7) is 4.68. The third kappa shape index (κ3) is 5.95. The van der Waals surface area contributed by atoms with Crippen LogP contribution in [-0.2, 0) is 16.2 Å². The van der Waals surface area contributed by atoms with Crippen LogP contribution in [0, 0.1) is 5.82 Å². The Balaban J connectivity index is 1.58. The maximum atomic E-state index is 13.2. The number of benzene rings is 3. The molecule has 37 heavy (non-hydrogen) atoms. The summed E-state index contributed by atoms with van der Waals surface area (Å²) in [7, 11) is 0. The minimum atomic E-state index is -0.837. The van der Waals surface area contributed by atoms with E-state index < -0.39 is 17.8 Å². The van der Waals surface area contributed by atoms with E-state index in [0.717, 1.165) is 10.5 Å². The lowest BCUT2D eigenvalue weighted by atomic mass is 10.1. The summed E-state index contributed by atoms with van der Waals surface area (Å²) in [5.41, 5.74) is 1.36. The van der Waals surface area contributed by atoms with Crippen LogP contribution in [-0.4, -0.2) is 31.1 Å². The molecule has 0 saturated carbocycles. The maximum absolute atomic E-state index is 13.2. The lowest BCUT2D eigenvalue weighted by Gasteiger charge is -2.26. The van der Waals surface area contributed by atoms with Crippen molar-refractivity contribution < 1.29 is 33.0 Å². The van der Waals surface area contributed by atoms with Crippen LogP contribution in [0.2, 0.25) is 0 Å². The molecule has 1 heterocycles. The summed E-state index contributed by atoms with van der Waals surface area (Å²) >= 11 is 0. The number of carbonyl (C=O) groups is 3. The number of urea groups is 1. The van der Waals surface area contributed by atoms with Gasteiger partial charge in [-0.05, 0) is 79.6 Å². The fraction of sp³-hybridized carbons (Fsp3) is 0.179. The first-order chi connectivity index (χ1) is 17.9. The van der Waals surface area contributed by atoms with Crippen LogP contribution < -0.4 is 24.4 Å². The number of carbonyl (C=O) groups excluding carboxylic acids is 3. The second kappa shape index (κ2) is 11.4. The standard InChI is InChI=1S/C28H25FN2O6/c1-3-35-22-12-10-21(11-13-22)31-27(33)23(26(32)30-28(31)34)15-19-7-14-24(25(16-19)36-4-2)37-17-18-5-8-20(29)9-6-18/h5-16H,3-4,17H2,1-2H3,(H,30,32,34)/b23-15+. The van der Waals surface area contributed by atoms with Crippen molar-refractivity contribution >= 4 is 29.6 Å². The number of halogens is 1. The van der Waals surface area contributed by atoms with Crippen molar-refractivity contribution in [3.8, 4) is 17.2 Å². The number of rotatable bonds is 9. The summed E-state index contributed by atoms with van der Waals surface area (Å²) < 4.78 is 30.1. The van der Waals surface area contributed by atoms with E-state index in [1.807, 2.05) is 13.8 Å². The smallest absolute Gasteiger partial charge is 0.335 e.